The minimum atomic E-state index is -0.0689. The third kappa shape index (κ3) is 3.46. The monoisotopic (exact) mass is 289 g/mol. The van der Waals surface area contributed by atoms with Gasteiger partial charge in [-0.15, -0.1) is 11.3 Å². The van der Waals surface area contributed by atoms with Crippen LogP contribution in [0.3, 0.4) is 0 Å². The molecule has 3 nitrogen and oxygen atoms in total. The van der Waals surface area contributed by atoms with Crippen LogP contribution in [-0.4, -0.2) is 24.2 Å². The Kier molecular flexibility index (Phi) is 4.93. The number of hydrogen-bond acceptors (Lipinski definition) is 3. The molecule has 0 aliphatic heterocycles. The van der Waals surface area contributed by atoms with Crippen molar-refractivity contribution in [3.05, 3.63) is 57.3 Å². The third-order valence-electron chi connectivity index (χ3n) is 3.39. The number of thiophene rings is 1. The second-order valence-corrected chi connectivity index (χ2v) is 6.11. The Bertz CT molecular complexity index is 558. The molecule has 0 aliphatic carbocycles. The maximum absolute atomic E-state index is 12.1. The highest BCUT2D eigenvalue weighted by Crippen LogP contribution is 2.21. The van der Waals surface area contributed by atoms with Gasteiger partial charge in [0.05, 0.1) is 11.5 Å². The Morgan fingerprint density at radius 1 is 1.30 bits per heavy atom. The highest BCUT2D eigenvalue weighted by molar-refractivity contribution is 7.14. The average Bonchev–Trinajstić information content (AvgIpc) is 2.80. The maximum Gasteiger partial charge on any atom is 0.261 e. The molecule has 106 valence electrons. The molecule has 1 amide bonds. The molecule has 2 aromatic rings. The Morgan fingerprint density at radius 3 is 2.55 bits per heavy atom. The quantitative estimate of drug-likeness (QED) is 0.889. The van der Waals surface area contributed by atoms with Crippen molar-refractivity contribution in [2.24, 2.45) is 0 Å². The van der Waals surface area contributed by atoms with Crippen LogP contribution >= 0.6 is 11.3 Å². The van der Waals surface area contributed by atoms with Gasteiger partial charge < -0.3 is 10.4 Å². The number of aliphatic hydroxyl groups excluding tert-OH is 1. The molecule has 1 atom stereocenters. The van der Waals surface area contributed by atoms with Gasteiger partial charge in [0.15, 0.2) is 0 Å². The van der Waals surface area contributed by atoms with Crippen molar-refractivity contribution in [3.8, 4) is 0 Å². The lowest BCUT2D eigenvalue weighted by atomic mass is 10.0. The van der Waals surface area contributed by atoms with Gasteiger partial charge in [0, 0.05) is 17.3 Å². The summed E-state index contributed by atoms with van der Waals surface area (Å²) in [7, 11) is 0. The number of hydrogen-bond donors (Lipinski definition) is 2. The molecule has 20 heavy (non-hydrogen) atoms. The SMILES string of the molecule is Cc1cc(C(=O)NC[C@@H](CO)c2ccccc2)sc1C. The number of carbonyl (C=O) groups excluding carboxylic acids is 1. The molecule has 1 aromatic carbocycles. The normalized spacial score (nSPS) is 12.2. The van der Waals surface area contributed by atoms with Crippen LogP contribution in [0.25, 0.3) is 0 Å². The minimum absolute atomic E-state index is 0.0206. The summed E-state index contributed by atoms with van der Waals surface area (Å²) in [4.78, 5) is 14.0. The van der Waals surface area contributed by atoms with Crippen LogP contribution in [0.15, 0.2) is 36.4 Å². The van der Waals surface area contributed by atoms with Crippen molar-refractivity contribution in [1.82, 2.24) is 5.32 Å². The van der Waals surface area contributed by atoms with Crippen LogP contribution in [0.5, 0.6) is 0 Å². The van der Waals surface area contributed by atoms with Crippen LogP contribution < -0.4 is 5.32 Å². The zero-order valence-corrected chi connectivity index (χ0v) is 12.5. The van der Waals surface area contributed by atoms with Crippen LogP contribution in [-0.2, 0) is 0 Å². The molecule has 0 unspecified atom stereocenters. The van der Waals surface area contributed by atoms with Gasteiger partial charge in [0.25, 0.3) is 5.91 Å². The van der Waals surface area contributed by atoms with Gasteiger partial charge in [-0.05, 0) is 31.0 Å². The molecule has 0 spiro atoms. The average molecular weight is 289 g/mol. The summed E-state index contributed by atoms with van der Waals surface area (Å²) >= 11 is 1.50. The van der Waals surface area contributed by atoms with Crippen molar-refractivity contribution in [1.29, 1.82) is 0 Å². The topological polar surface area (TPSA) is 49.3 Å². The molecular formula is C16H19NO2S. The number of rotatable bonds is 5. The standard InChI is InChI=1S/C16H19NO2S/c1-11-8-15(20-12(11)2)16(19)17-9-14(10-18)13-6-4-3-5-7-13/h3-8,14,18H,9-10H2,1-2H3,(H,17,19)/t14-/m0/s1. The predicted molar refractivity (Wildman–Crippen MR) is 82.4 cm³/mol. The number of aliphatic hydroxyl groups is 1. The maximum atomic E-state index is 12.1. The highest BCUT2D eigenvalue weighted by atomic mass is 32.1. The summed E-state index contributed by atoms with van der Waals surface area (Å²) in [6.07, 6.45) is 0. The smallest absolute Gasteiger partial charge is 0.261 e. The third-order valence-corrected chi connectivity index (χ3v) is 4.54. The van der Waals surface area contributed by atoms with Gasteiger partial charge in [0.1, 0.15) is 0 Å². The van der Waals surface area contributed by atoms with Crippen molar-refractivity contribution in [2.75, 3.05) is 13.2 Å². The molecule has 2 rings (SSSR count). The molecule has 0 fully saturated rings. The molecule has 0 saturated heterocycles. The van der Waals surface area contributed by atoms with Gasteiger partial charge in [-0.25, -0.2) is 0 Å². The second kappa shape index (κ2) is 6.68. The van der Waals surface area contributed by atoms with Gasteiger partial charge in [-0.2, -0.15) is 0 Å². The number of amides is 1. The van der Waals surface area contributed by atoms with E-state index in [9.17, 15) is 9.90 Å². The molecule has 2 N–H and O–H groups in total. The summed E-state index contributed by atoms with van der Waals surface area (Å²) in [6.45, 7) is 4.47. The molecule has 0 bridgehead atoms. The van der Waals surface area contributed by atoms with Gasteiger partial charge in [0.2, 0.25) is 0 Å². The first-order valence-corrected chi connectivity index (χ1v) is 7.44. The number of nitrogens with one attached hydrogen (secondary N) is 1. The largest absolute Gasteiger partial charge is 0.396 e. The Hall–Kier alpha value is -1.65. The fourth-order valence-electron chi connectivity index (χ4n) is 2.00. The summed E-state index contributed by atoms with van der Waals surface area (Å²) in [5.74, 6) is -0.136. The van der Waals surface area contributed by atoms with Gasteiger partial charge in [-0.3, -0.25) is 4.79 Å². The second-order valence-electron chi connectivity index (χ2n) is 4.85. The van der Waals surface area contributed by atoms with Gasteiger partial charge >= 0.3 is 0 Å². The van der Waals surface area contributed by atoms with E-state index in [0.29, 0.717) is 6.54 Å². The van der Waals surface area contributed by atoms with E-state index in [1.807, 2.05) is 50.2 Å². The molecule has 1 aromatic heterocycles. The first kappa shape index (κ1) is 14.8. The van der Waals surface area contributed by atoms with E-state index < -0.39 is 0 Å². The number of carbonyl (C=O) groups is 1. The summed E-state index contributed by atoms with van der Waals surface area (Å²) in [5, 5.41) is 12.4. The van der Waals surface area contributed by atoms with E-state index >= 15 is 0 Å². The molecule has 0 saturated carbocycles. The summed E-state index contributed by atoms with van der Waals surface area (Å²) in [5.41, 5.74) is 2.18. The van der Waals surface area contributed by atoms with Crippen LogP contribution in [0, 0.1) is 13.8 Å². The first-order chi connectivity index (χ1) is 9.61. The molecule has 0 aliphatic rings. The zero-order chi connectivity index (χ0) is 14.5. The van der Waals surface area contributed by atoms with Gasteiger partial charge in [-0.1, -0.05) is 30.3 Å². The Balaban J connectivity index is 1.98. The van der Waals surface area contributed by atoms with E-state index in [1.54, 1.807) is 0 Å². The van der Waals surface area contributed by atoms with E-state index in [0.717, 1.165) is 20.9 Å². The van der Waals surface area contributed by atoms with E-state index in [4.69, 9.17) is 0 Å². The van der Waals surface area contributed by atoms with Crippen LogP contribution in [0.4, 0.5) is 0 Å². The Morgan fingerprint density at radius 2 is 2.00 bits per heavy atom. The fraction of sp³-hybridized carbons (Fsp3) is 0.312. The summed E-state index contributed by atoms with van der Waals surface area (Å²) < 4.78 is 0. The molecular weight excluding hydrogens is 270 g/mol. The van der Waals surface area contributed by atoms with E-state index in [2.05, 4.69) is 5.32 Å². The van der Waals surface area contributed by atoms with Crippen molar-refractivity contribution in [3.63, 3.8) is 0 Å². The van der Waals surface area contributed by atoms with Crippen LogP contribution in [0.1, 0.15) is 31.6 Å². The molecule has 4 heteroatoms. The highest BCUT2D eigenvalue weighted by Gasteiger charge is 2.14. The lowest BCUT2D eigenvalue weighted by molar-refractivity contribution is 0.0951. The number of aryl methyl sites for hydroxylation is 2. The fourth-order valence-corrected chi connectivity index (χ4v) is 2.95. The molecule has 0 radical (unpaired) electrons. The first-order valence-electron chi connectivity index (χ1n) is 6.63. The summed E-state index contributed by atoms with van der Waals surface area (Å²) in [6, 6.07) is 11.6. The van der Waals surface area contributed by atoms with Crippen molar-refractivity contribution >= 4 is 17.2 Å². The predicted octanol–water partition coefficient (Wildman–Crippen LogP) is 2.87. The van der Waals surface area contributed by atoms with Crippen molar-refractivity contribution in [2.45, 2.75) is 19.8 Å². The van der Waals surface area contributed by atoms with E-state index in [-0.39, 0.29) is 18.4 Å². The zero-order valence-electron chi connectivity index (χ0n) is 11.7. The molecule has 1 heterocycles. The number of benzene rings is 1. The lowest BCUT2D eigenvalue weighted by Crippen LogP contribution is -2.29. The van der Waals surface area contributed by atoms with E-state index in [1.165, 1.54) is 11.3 Å². The lowest BCUT2D eigenvalue weighted by Gasteiger charge is -2.15. The Labute approximate surface area is 123 Å². The van der Waals surface area contributed by atoms with Crippen LogP contribution in [0.2, 0.25) is 0 Å². The van der Waals surface area contributed by atoms with Crippen molar-refractivity contribution < 1.29 is 9.90 Å². The minimum Gasteiger partial charge on any atom is -0.396 e.